The summed E-state index contributed by atoms with van der Waals surface area (Å²) in [4.78, 5) is 21.8. The van der Waals surface area contributed by atoms with E-state index in [9.17, 15) is 9.59 Å². The van der Waals surface area contributed by atoms with Crippen molar-refractivity contribution in [1.29, 1.82) is 0 Å². The van der Waals surface area contributed by atoms with Crippen LogP contribution in [0.15, 0.2) is 0 Å². The van der Waals surface area contributed by atoms with Crippen molar-refractivity contribution < 1.29 is 14.7 Å². The Morgan fingerprint density at radius 1 is 1.14 bits per heavy atom. The van der Waals surface area contributed by atoms with Gasteiger partial charge in [-0.3, -0.25) is 9.59 Å². The lowest BCUT2D eigenvalue weighted by Gasteiger charge is -2.23. The minimum atomic E-state index is -1.01. The molecule has 0 rings (SSSR count). The van der Waals surface area contributed by atoms with Crippen LogP contribution in [0.5, 0.6) is 0 Å². The maximum Gasteiger partial charge on any atom is 0.322 e. The van der Waals surface area contributed by atoms with E-state index in [-0.39, 0.29) is 30.2 Å². The Bertz CT molecular complexity index is 203. The summed E-state index contributed by atoms with van der Waals surface area (Å²) in [5, 5.41) is 10.8. The number of rotatable bonds is 5. The van der Waals surface area contributed by atoms with Crippen LogP contribution in [-0.2, 0) is 9.59 Å². The van der Waals surface area contributed by atoms with Gasteiger partial charge in [0.2, 0.25) is 5.91 Å². The van der Waals surface area contributed by atoms with Gasteiger partial charge in [-0.2, -0.15) is 0 Å². The summed E-state index contributed by atoms with van der Waals surface area (Å²) in [6.07, 6.45) is 0. The Labute approximate surface area is 84.7 Å². The number of amides is 1. The Hall–Kier alpha value is -1.06. The van der Waals surface area contributed by atoms with Gasteiger partial charge in [-0.15, -0.1) is 0 Å². The van der Waals surface area contributed by atoms with Crippen molar-refractivity contribution in [3.05, 3.63) is 0 Å². The van der Waals surface area contributed by atoms with Gasteiger partial charge >= 0.3 is 5.97 Å². The Morgan fingerprint density at radius 2 is 1.57 bits per heavy atom. The second-order valence-corrected chi connectivity index (χ2v) is 4.13. The molecular formula is C10H19NO3. The van der Waals surface area contributed by atoms with Gasteiger partial charge in [0, 0.05) is 5.92 Å². The van der Waals surface area contributed by atoms with Gasteiger partial charge in [-0.05, 0) is 11.8 Å². The third kappa shape index (κ3) is 4.25. The highest BCUT2D eigenvalue weighted by molar-refractivity contribution is 5.83. The molecule has 0 aromatic heterocycles. The molecule has 0 unspecified atom stereocenters. The average molecular weight is 201 g/mol. The number of nitrogens with one attached hydrogen (secondary N) is 1. The third-order valence-electron chi connectivity index (χ3n) is 2.15. The molecule has 4 nitrogen and oxygen atoms in total. The zero-order valence-corrected chi connectivity index (χ0v) is 9.20. The van der Waals surface area contributed by atoms with E-state index in [0.717, 1.165) is 0 Å². The molecule has 0 saturated carbocycles. The average Bonchev–Trinajstić information content (AvgIpc) is 1.99. The fourth-order valence-corrected chi connectivity index (χ4v) is 1.66. The third-order valence-corrected chi connectivity index (χ3v) is 2.15. The molecule has 0 aliphatic rings. The molecule has 0 atom stereocenters. The number of carboxylic acids is 1. The van der Waals surface area contributed by atoms with E-state index in [1.54, 1.807) is 0 Å². The highest BCUT2D eigenvalue weighted by Crippen LogP contribution is 2.20. The van der Waals surface area contributed by atoms with Gasteiger partial charge in [0.25, 0.3) is 0 Å². The largest absolute Gasteiger partial charge is 0.480 e. The zero-order chi connectivity index (χ0) is 11.3. The van der Waals surface area contributed by atoms with Crippen LogP contribution in [0.4, 0.5) is 0 Å². The molecule has 14 heavy (non-hydrogen) atoms. The van der Waals surface area contributed by atoms with E-state index in [0.29, 0.717) is 0 Å². The summed E-state index contributed by atoms with van der Waals surface area (Å²) in [5.74, 6) is -0.844. The molecule has 0 aliphatic heterocycles. The summed E-state index contributed by atoms with van der Waals surface area (Å²) in [7, 11) is 0. The topological polar surface area (TPSA) is 66.4 Å². The SMILES string of the molecule is CC(C)C(C(=O)NCC(=O)O)C(C)C. The van der Waals surface area contributed by atoms with Crippen molar-refractivity contribution >= 4 is 11.9 Å². The van der Waals surface area contributed by atoms with Crippen LogP contribution in [-0.4, -0.2) is 23.5 Å². The molecule has 0 radical (unpaired) electrons. The first-order chi connectivity index (χ1) is 6.36. The first kappa shape index (κ1) is 12.9. The molecule has 0 heterocycles. The molecule has 4 heteroatoms. The molecule has 0 spiro atoms. The van der Waals surface area contributed by atoms with Crippen LogP contribution in [0, 0.1) is 17.8 Å². The number of hydrogen-bond acceptors (Lipinski definition) is 2. The van der Waals surface area contributed by atoms with Crippen molar-refractivity contribution in [3.63, 3.8) is 0 Å². The van der Waals surface area contributed by atoms with Gasteiger partial charge in [0.15, 0.2) is 0 Å². The fraction of sp³-hybridized carbons (Fsp3) is 0.800. The number of carbonyl (C=O) groups excluding carboxylic acids is 1. The minimum absolute atomic E-state index is 0.116. The number of hydrogen-bond donors (Lipinski definition) is 2. The second kappa shape index (κ2) is 5.62. The van der Waals surface area contributed by atoms with Crippen molar-refractivity contribution in [1.82, 2.24) is 5.32 Å². The first-order valence-electron chi connectivity index (χ1n) is 4.85. The Balaban J connectivity index is 4.23. The van der Waals surface area contributed by atoms with Gasteiger partial charge in [0.05, 0.1) is 0 Å². The Kier molecular flexibility index (Phi) is 5.20. The minimum Gasteiger partial charge on any atom is -0.480 e. The summed E-state index contributed by atoms with van der Waals surface area (Å²) in [6, 6.07) is 0. The molecule has 0 aromatic rings. The maximum absolute atomic E-state index is 11.6. The smallest absolute Gasteiger partial charge is 0.322 e. The summed E-state index contributed by atoms with van der Waals surface area (Å²) in [5.41, 5.74) is 0. The van der Waals surface area contributed by atoms with E-state index in [2.05, 4.69) is 5.32 Å². The highest BCUT2D eigenvalue weighted by atomic mass is 16.4. The number of aliphatic carboxylic acids is 1. The second-order valence-electron chi connectivity index (χ2n) is 4.13. The van der Waals surface area contributed by atoms with Gasteiger partial charge in [0.1, 0.15) is 6.54 Å². The lowest BCUT2D eigenvalue weighted by Crippen LogP contribution is -2.39. The van der Waals surface area contributed by atoms with Gasteiger partial charge in [-0.25, -0.2) is 0 Å². The van der Waals surface area contributed by atoms with E-state index in [1.165, 1.54) is 0 Å². The highest BCUT2D eigenvalue weighted by Gasteiger charge is 2.25. The number of carbonyl (C=O) groups is 2. The fourth-order valence-electron chi connectivity index (χ4n) is 1.66. The number of carboxylic acid groups (broad SMARTS) is 1. The predicted octanol–water partition coefficient (Wildman–Crippen LogP) is 1.12. The van der Waals surface area contributed by atoms with E-state index >= 15 is 0 Å². The van der Waals surface area contributed by atoms with E-state index in [1.807, 2.05) is 27.7 Å². The lowest BCUT2D eigenvalue weighted by molar-refractivity contribution is -0.139. The van der Waals surface area contributed by atoms with E-state index in [4.69, 9.17) is 5.11 Å². The van der Waals surface area contributed by atoms with Crippen LogP contribution < -0.4 is 5.32 Å². The predicted molar refractivity (Wildman–Crippen MR) is 53.8 cm³/mol. The monoisotopic (exact) mass is 201 g/mol. The molecule has 1 amide bonds. The standard InChI is InChI=1S/C10H19NO3/c1-6(2)9(7(3)4)10(14)11-5-8(12)13/h6-7,9H,5H2,1-4H3,(H,11,14)(H,12,13). The van der Waals surface area contributed by atoms with E-state index < -0.39 is 5.97 Å². The van der Waals surface area contributed by atoms with Crippen LogP contribution in [0.2, 0.25) is 0 Å². The normalized spacial score (nSPS) is 11.1. The van der Waals surface area contributed by atoms with Crippen LogP contribution in [0.25, 0.3) is 0 Å². The Morgan fingerprint density at radius 3 is 1.86 bits per heavy atom. The van der Waals surface area contributed by atoms with Crippen molar-refractivity contribution in [2.24, 2.45) is 17.8 Å². The van der Waals surface area contributed by atoms with Crippen LogP contribution >= 0.6 is 0 Å². The molecule has 0 aliphatic carbocycles. The zero-order valence-electron chi connectivity index (χ0n) is 9.20. The van der Waals surface area contributed by atoms with Crippen LogP contribution in [0.3, 0.4) is 0 Å². The molecule has 0 aromatic carbocycles. The summed E-state index contributed by atoms with van der Waals surface area (Å²) < 4.78 is 0. The quantitative estimate of drug-likeness (QED) is 0.700. The van der Waals surface area contributed by atoms with Crippen molar-refractivity contribution in [2.75, 3.05) is 6.54 Å². The maximum atomic E-state index is 11.6. The molecule has 0 bridgehead atoms. The summed E-state index contributed by atoms with van der Waals surface area (Å²) >= 11 is 0. The lowest BCUT2D eigenvalue weighted by atomic mass is 9.85. The molecule has 0 fully saturated rings. The molecule has 2 N–H and O–H groups in total. The van der Waals surface area contributed by atoms with Crippen molar-refractivity contribution in [2.45, 2.75) is 27.7 Å². The molecular weight excluding hydrogens is 182 g/mol. The van der Waals surface area contributed by atoms with Gasteiger partial charge < -0.3 is 10.4 Å². The molecule has 0 saturated heterocycles. The first-order valence-corrected chi connectivity index (χ1v) is 4.85. The summed E-state index contributed by atoms with van der Waals surface area (Å²) in [6.45, 7) is 7.56. The van der Waals surface area contributed by atoms with Crippen molar-refractivity contribution in [3.8, 4) is 0 Å². The van der Waals surface area contributed by atoms with Crippen LogP contribution in [0.1, 0.15) is 27.7 Å². The van der Waals surface area contributed by atoms with Gasteiger partial charge in [-0.1, -0.05) is 27.7 Å². The molecule has 82 valence electrons.